The molecule has 3 aromatic carbocycles. The smallest absolute Gasteiger partial charge is 0.249 e. The SMILES string of the molecule is Cc1ccc(S(=O)(=O)N2C=CC(c3ccccc3)C(c3ccc(Cl)cc3)=C2)cc1. The molecule has 3 nitrogen and oxygen atoms in total. The molecule has 0 N–H and O–H groups in total. The van der Waals surface area contributed by atoms with Gasteiger partial charge in [0, 0.05) is 23.3 Å². The van der Waals surface area contributed by atoms with E-state index < -0.39 is 10.0 Å². The average molecular weight is 422 g/mol. The Kier molecular flexibility index (Phi) is 5.31. The van der Waals surface area contributed by atoms with E-state index in [1.165, 1.54) is 4.31 Å². The Morgan fingerprint density at radius 1 is 0.862 bits per heavy atom. The maximum atomic E-state index is 13.2. The second-order valence-corrected chi connectivity index (χ2v) is 9.25. The Morgan fingerprint density at radius 3 is 2.17 bits per heavy atom. The normalized spacial score (nSPS) is 16.6. The van der Waals surface area contributed by atoms with E-state index in [0.717, 1.165) is 22.3 Å². The maximum absolute atomic E-state index is 13.2. The van der Waals surface area contributed by atoms with Crippen LogP contribution in [0.5, 0.6) is 0 Å². The zero-order valence-electron chi connectivity index (χ0n) is 15.9. The minimum absolute atomic E-state index is 0.0538. The number of allylic oxidation sites excluding steroid dienone is 2. The third-order valence-electron chi connectivity index (χ3n) is 4.96. The second-order valence-electron chi connectivity index (χ2n) is 6.97. The minimum Gasteiger partial charge on any atom is -0.249 e. The highest BCUT2D eigenvalue weighted by Gasteiger charge is 2.27. The zero-order chi connectivity index (χ0) is 20.4. The predicted molar refractivity (Wildman–Crippen MR) is 118 cm³/mol. The lowest BCUT2D eigenvalue weighted by Gasteiger charge is -2.27. The van der Waals surface area contributed by atoms with Gasteiger partial charge in [0.05, 0.1) is 4.90 Å². The van der Waals surface area contributed by atoms with Crippen LogP contribution in [0.3, 0.4) is 0 Å². The molecule has 4 rings (SSSR count). The number of halogens is 1. The number of nitrogens with zero attached hydrogens (tertiary/aromatic N) is 1. The summed E-state index contributed by atoms with van der Waals surface area (Å²) in [4.78, 5) is 0.262. The van der Waals surface area contributed by atoms with Gasteiger partial charge in [0.25, 0.3) is 10.0 Å². The van der Waals surface area contributed by atoms with Gasteiger partial charge in [0.2, 0.25) is 0 Å². The van der Waals surface area contributed by atoms with Crippen LogP contribution in [0, 0.1) is 6.92 Å². The molecule has 3 aromatic rings. The number of sulfonamides is 1. The Labute approximate surface area is 176 Å². The van der Waals surface area contributed by atoms with Crippen molar-refractivity contribution in [2.75, 3.05) is 0 Å². The average Bonchev–Trinajstić information content (AvgIpc) is 2.75. The summed E-state index contributed by atoms with van der Waals surface area (Å²) in [5.41, 5.74) is 3.93. The van der Waals surface area contributed by atoms with E-state index in [9.17, 15) is 8.42 Å². The van der Waals surface area contributed by atoms with Gasteiger partial charge in [-0.05, 0) is 47.9 Å². The van der Waals surface area contributed by atoms with Crippen LogP contribution in [-0.2, 0) is 10.0 Å². The summed E-state index contributed by atoms with van der Waals surface area (Å²) in [7, 11) is -3.69. The summed E-state index contributed by atoms with van der Waals surface area (Å²) >= 11 is 6.06. The fourth-order valence-electron chi connectivity index (χ4n) is 3.36. The molecule has 0 saturated heterocycles. The zero-order valence-corrected chi connectivity index (χ0v) is 17.4. The lowest BCUT2D eigenvalue weighted by atomic mass is 9.86. The van der Waals surface area contributed by atoms with Gasteiger partial charge in [0.1, 0.15) is 0 Å². The summed E-state index contributed by atoms with van der Waals surface area (Å²) < 4.78 is 27.7. The number of hydrogen-bond acceptors (Lipinski definition) is 2. The molecular weight excluding hydrogens is 402 g/mol. The predicted octanol–water partition coefficient (Wildman–Crippen LogP) is 5.99. The highest BCUT2D eigenvalue weighted by molar-refractivity contribution is 7.89. The van der Waals surface area contributed by atoms with Crippen molar-refractivity contribution in [2.45, 2.75) is 17.7 Å². The molecule has 0 aliphatic carbocycles. The van der Waals surface area contributed by atoms with Gasteiger partial charge >= 0.3 is 0 Å². The van der Waals surface area contributed by atoms with Crippen molar-refractivity contribution in [3.05, 3.63) is 119 Å². The molecule has 146 valence electrons. The van der Waals surface area contributed by atoms with Crippen LogP contribution in [0.25, 0.3) is 5.57 Å². The molecule has 0 saturated carbocycles. The van der Waals surface area contributed by atoms with E-state index in [-0.39, 0.29) is 10.8 Å². The molecule has 1 unspecified atom stereocenters. The molecule has 29 heavy (non-hydrogen) atoms. The van der Waals surface area contributed by atoms with Crippen molar-refractivity contribution in [3.8, 4) is 0 Å². The molecule has 0 aromatic heterocycles. The van der Waals surface area contributed by atoms with E-state index in [2.05, 4.69) is 0 Å². The molecule has 1 aliphatic rings. The van der Waals surface area contributed by atoms with Gasteiger partial charge in [-0.2, -0.15) is 0 Å². The third kappa shape index (κ3) is 4.00. The number of rotatable bonds is 4. The van der Waals surface area contributed by atoms with E-state index in [4.69, 9.17) is 11.6 Å². The minimum atomic E-state index is -3.69. The van der Waals surface area contributed by atoms with Crippen LogP contribution in [-0.4, -0.2) is 12.7 Å². The molecule has 0 amide bonds. The molecule has 1 aliphatic heterocycles. The molecule has 1 atom stereocenters. The topological polar surface area (TPSA) is 37.4 Å². The summed E-state index contributed by atoms with van der Waals surface area (Å²) in [6, 6.07) is 24.4. The van der Waals surface area contributed by atoms with Gasteiger partial charge in [-0.15, -0.1) is 0 Å². The number of hydrogen-bond donors (Lipinski definition) is 0. The van der Waals surface area contributed by atoms with Gasteiger partial charge < -0.3 is 0 Å². The monoisotopic (exact) mass is 421 g/mol. The first-order valence-electron chi connectivity index (χ1n) is 9.26. The number of aryl methyl sites for hydroxylation is 1. The first-order chi connectivity index (χ1) is 13.9. The second kappa shape index (κ2) is 7.90. The van der Waals surface area contributed by atoms with Crippen molar-refractivity contribution in [2.24, 2.45) is 0 Å². The summed E-state index contributed by atoms with van der Waals surface area (Å²) in [6.07, 6.45) is 5.26. The molecule has 1 heterocycles. The van der Waals surface area contributed by atoms with E-state index in [1.807, 2.05) is 67.6 Å². The first-order valence-corrected chi connectivity index (χ1v) is 11.1. The van der Waals surface area contributed by atoms with Crippen LogP contribution in [0.2, 0.25) is 5.02 Å². The van der Waals surface area contributed by atoms with Gasteiger partial charge in [-0.3, -0.25) is 0 Å². The van der Waals surface area contributed by atoms with E-state index >= 15 is 0 Å². The van der Waals surface area contributed by atoms with Crippen molar-refractivity contribution >= 4 is 27.2 Å². The highest BCUT2D eigenvalue weighted by atomic mass is 35.5. The van der Waals surface area contributed by atoms with Crippen molar-refractivity contribution in [1.29, 1.82) is 0 Å². The van der Waals surface area contributed by atoms with Gasteiger partial charge in [0.15, 0.2) is 0 Å². The molecule has 0 radical (unpaired) electrons. The molecular formula is C24H20ClNO2S. The van der Waals surface area contributed by atoms with E-state index in [1.54, 1.807) is 36.7 Å². The standard InChI is InChI=1S/C24H20ClNO2S/c1-18-7-13-22(14-8-18)29(27,28)26-16-15-23(19-5-3-2-4-6-19)24(17-26)20-9-11-21(25)12-10-20/h2-17,23H,1H3. The van der Waals surface area contributed by atoms with Crippen LogP contribution >= 0.6 is 11.6 Å². The third-order valence-corrected chi connectivity index (χ3v) is 6.86. The molecule has 0 bridgehead atoms. The Balaban J connectivity index is 1.79. The summed E-state index contributed by atoms with van der Waals surface area (Å²) in [5, 5.41) is 0.640. The Bertz CT molecular complexity index is 1170. The van der Waals surface area contributed by atoms with Crippen molar-refractivity contribution in [1.82, 2.24) is 4.31 Å². The molecule has 0 spiro atoms. The molecule has 0 fully saturated rings. The quantitative estimate of drug-likeness (QED) is 0.518. The van der Waals surface area contributed by atoms with Crippen LogP contribution in [0.1, 0.15) is 22.6 Å². The van der Waals surface area contributed by atoms with Crippen LogP contribution in [0.15, 0.2) is 102 Å². The van der Waals surface area contributed by atoms with Crippen LogP contribution in [0.4, 0.5) is 0 Å². The lowest BCUT2D eigenvalue weighted by Crippen LogP contribution is -2.24. The van der Waals surface area contributed by atoms with Crippen molar-refractivity contribution < 1.29 is 8.42 Å². The lowest BCUT2D eigenvalue weighted by molar-refractivity contribution is 0.550. The van der Waals surface area contributed by atoms with Crippen molar-refractivity contribution in [3.63, 3.8) is 0 Å². The Morgan fingerprint density at radius 2 is 1.52 bits per heavy atom. The van der Waals surface area contributed by atoms with Gasteiger partial charge in [-0.1, -0.05) is 77.8 Å². The van der Waals surface area contributed by atoms with E-state index in [0.29, 0.717) is 5.02 Å². The van der Waals surface area contributed by atoms with Crippen LogP contribution < -0.4 is 0 Å². The fraction of sp³-hybridized carbons (Fsp3) is 0.0833. The number of benzene rings is 3. The highest BCUT2D eigenvalue weighted by Crippen LogP contribution is 2.38. The van der Waals surface area contributed by atoms with Gasteiger partial charge in [-0.25, -0.2) is 12.7 Å². The summed E-state index contributed by atoms with van der Waals surface area (Å²) in [5.74, 6) is -0.0538. The summed E-state index contributed by atoms with van der Waals surface area (Å²) in [6.45, 7) is 1.93. The fourth-order valence-corrected chi connectivity index (χ4v) is 4.70. The largest absolute Gasteiger partial charge is 0.267 e. The first kappa shape index (κ1) is 19.5. The Hall–Kier alpha value is -2.82. The maximum Gasteiger partial charge on any atom is 0.267 e. The molecule has 5 heteroatoms.